The Morgan fingerprint density at radius 3 is 2.20 bits per heavy atom. The number of anilines is 1. The van der Waals surface area contributed by atoms with Crippen molar-refractivity contribution in [1.82, 2.24) is 0 Å². The van der Waals surface area contributed by atoms with E-state index in [1.165, 1.54) is 19.1 Å². The number of nitriles is 1. The van der Waals surface area contributed by atoms with Crippen LogP contribution in [0.3, 0.4) is 0 Å². The summed E-state index contributed by atoms with van der Waals surface area (Å²) in [6.45, 7) is 2.02. The molecule has 0 radical (unpaired) electrons. The molecule has 0 spiro atoms. The molecule has 0 aromatic heterocycles. The van der Waals surface area contributed by atoms with Crippen LogP contribution in [0.5, 0.6) is 11.5 Å². The standard InChI is InChI=1S/C28H24N2O5/c1-4-17-5-9-19(10-6-17)26(31)24-25(20-11-14-22(34-2)23(15-20)35-3)30(28(33)27(24)32)21-12-7-18(16-29)8-13-21/h5-15,25,31H,4H2,1-3H3/b26-24-. The maximum absolute atomic E-state index is 13.3. The van der Waals surface area contributed by atoms with E-state index in [0.717, 1.165) is 12.0 Å². The average Bonchev–Trinajstić information content (AvgIpc) is 3.17. The number of carbonyl (C=O) groups is 2. The van der Waals surface area contributed by atoms with Crippen LogP contribution in [-0.4, -0.2) is 31.0 Å². The van der Waals surface area contributed by atoms with Crippen molar-refractivity contribution in [3.05, 3.63) is 94.6 Å². The number of benzene rings is 3. The van der Waals surface area contributed by atoms with Crippen molar-refractivity contribution in [2.24, 2.45) is 0 Å². The maximum Gasteiger partial charge on any atom is 0.300 e. The maximum atomic E-state index is 13.3. The minimum absolute atomic E-state index is 0.0316. The highest BCUT2D eigenvalue weighted by Gasteiger charge is 2.47. The molecule has 0 saturated carbocycles. The smallest absolute Gasteiger partial charge is 0.300 e. The summed E-state index contributed by atoms with van der Waals surface area (Å²) in [7, 11) is 3.01. The number of aryl methyl sites for hydroxylation is 1. The third kappa shape index (κ3) is 4.22. The number of hydrogen-bond donors (Lipinski definition) is 1. The van der Waals surface area contributed by atoms with E-state index in [4.69, 9.17) is 14.7 Å². The second kappa shape index (κ2) is 9.74. The van der Waals surface area contributed by atoms with E-state index in [9.17, 15) is 14.7 Å². The number of amides is 1. The van der Waals surface area contributed by atoms with Gasteiger partial charge in [-0.25, -0.2) is 0 Å². The summed E-state index contributed by atoms with van der Waals surface area (Å²) in [6.07, 6.45) is 0.829. The highest BCUT2D eigenvalue weighted by molar-refractivity contribution is 6.51. The molecule has 1 N–H and O–H groups in total. The van der Waals surface area contributed by atoms with Crippen LogP contribution < -0.4 is 14.4 Å². The minimum atomic E-state index is -0.923. The fourth-order valence-electron chi connectivity index (χ4n) is 4.19. The van der Waals surface area contributed by atoms with Crippen LogP contribution in [0.25, 0.3) is 5.76 Å². The molecule has 1 aliphatic heterocycles. The van der Waals surface area contributed by atoms with Gasteiger partial charge in [-0.3, -0.25) is 14.5 Å². The van der Waals surface area contributed by atoms with Crippen LogP contribution in [0.2, 0.25) is 0 Å². The van der Waals surface area contributed by atoms with Crippen molar-refractivity contribution < 1.29 is 24.2 Å². The molecule has 1 saturated heterocycles. The molecule has 35 heavy (non-hydrogen) atoms. The molecule has 1 amide bonds. The van der Waals surface area contributed by atoms with Gasteiger partial charge in [-0.15, -0.1) is 0 Å². The highest BCUT2D eigenvalue weighted by atomic mass is 16.5. The van der Waals surface area contributed by atoms with Crippen molar-refractivity contribution in [2.75, 3.05) is 19.1 Å². The number of nitrogens with zero attached hydrogens (tertiary/aromatic N) is 2. The van der Waals surface area contributed by atoms with E-state index >= 15 is 0 Å². The monoisotopic (exact) mass is 468 g/mol. The zero-order valence-corrected chi connectivity index (χ0v) is 19.6. The van der Waals surface area contributed by atoms with E-state index in [-0.39, 0.29) is 11.3 Å². The molecule has 3 aromatic carbocycles. The molecule has 176 valence electrons. The largest absolute Gasteiger partial charge is 0.507 e. The van der Waals surface area contributed by atoms with Crippen LogP contribution in [-0.2, 0) is 16.0 Å². The van der Waals surface area contributed by atoms with Gasteiger partial charge in [0, 0.05) is 11.3 Å². The first-order valence-corrected chi connectivity index (χ1v) is 11.1. The predicted molar refractivity (Wildman–Crippen MR) is 131 cm³/mol. The summed E-state index contributed by atoms with van der Waals surface area (Å²) < 4.78 is 10.8. The zero-order valence-electron chi connectivity index (χ0n) is 19.6. The number of Topliss-reactive ketones (excluding diaryl/α,β-unsaturated/α-hetero) is 1. The van der Waals surface area contributed by atoms with Gasteiger partial charge in [0.25, 0.3) is 11.7 Å². The van der Waals surface area contributed by atoms with Crippen LogP contribution in [0.1, 0.15) is 35.2 Å². The Labute approximate surface area is 203 Å². The molecular weight excluding hydrogens is 444 g/mol. The third-order valence-electron chi connectivity index (χ3n) is 6.08. The predicted octanol–water partition coefficient (Wildman–Crippen LogP) is 4.76. The van der Waals surface area contributed by atoms with Gasteiger partial charge in [-0.05, 0) is 53.9 Å². The Hall–Kier alpha value is -4.57. The van der Waals surface area contributed by atoms with Gasteiger partial charge < -0.3 is 14.6 Å². The fourth-order valence-corrected chi connectivity index (χ4v) is 4.19. The van der Waals surface area contributed by atoms with Crippen LogP contribution in [0, 0.1) is 11.3 Å². The van der Waals surface area contributed by atoms with Crippen LogP contribution in [0.15, 0.2) is 72.3 Å². The molecule has 3 aromatic rings. The van der Waals surface area contributed by atoms with Crippen molar-refractivity contribution in [3.8, 4) is 17.6 Å². The topological polar surface area (TPSA) is 99.9 Å². The zero-order chi connectivity index (χ0) is 25.1. The molecular formula is C28H24N2O5. The second-order valence-electron chi connectivity index (χ2n) is 7.99. The number of ether oxygens (including phenoxy) is 2. The molecule has 1 heterocycles. The lowest BCUT2D eigenvalue weighted by atomic mass is 9.94. The molecule has 7 heteroatoms. The number of hydrogen-bond acceptors (Lipinski definition) is 6. The van der Waals surface area contributed by atoms with Crippen molar-refractivity contribution in [1.29, 1.82) is 5.26 Å². The van der Waals surface area contributed by atoms with Crippen molar-refractivity contribution in [3.63, 3.8) is 0 Å². The first-order valence-electron chi connectivity index (χ1n) is 11.1. The van der Waals surface area contributed by atoms with Crippen LogP contribution >= 0.6 is 0 Å². The average molecular weight is 469 g/mol. The Morgan fingerprint density at radius 1 is 0.971 bits per heavy atom. The Balaban J connectivity index is 1.94. The summed E-state index contributed by atoms with van der Waals surface area (Å²) in [5, 5.41) is 20.4. The lowest BCUT2D eigenvalue weighted by Gasteiger charge is -2.26. The minimum Gasteiger partial charge on any atom is -0.507 e. The Bertz CT molecular complexity index is 1350. The second-order valence-corrected chi connectivity index (χ2v) is 7.99. The first kappa shape index (κ1) is 23.6. The number of aliphatic hydroxyl groups excluding tert-OH is 1. The van der Waals surface area contributed by atoms with Crippen molar-refractivity contribution in [2.45, 2.75) is 19.4 Å². The van der Waals surface area contributed by atoms with Gasteiger partial charge in [0.1, 0.15) is 5.76 Å². The molecule has 1 unspecified atom stereocenters. The van der Waals surface area contributed by atoms with Gasteiger partial charge in [-0.2, -0.15) is 5.26 Å². The summed E-state index contributed by atoms with van der Waals surface area (Å²) in [5.41, 5.74) is 2.88. The van der Waals surface area contributed by atoms with Gasteiger partial charge >= 0.3 is 0 Å². The molecule has 4 rings (SSSR count). The molecule has 1 atom stereocenters. The Kier molecular flexibility index (Phi) is 6.56. The third-order valence-corrected chi connectivity index (χ3v) is 6.08. The lowest BCUT2D eigenvalue weighted by molar-refractivity contribution is -0.132. The van der Waals surface area contributed by atoms with Gasteiger partial charge in [0.15, 0.2) is 11.5 Å². The van der Waals surface area contributed by atoms with E-state index in [2.05, 4.69) is 0 Å². The SMILES string of the molecule is CCc1ccc(/C(O)=C2/C(=O)C(=O)N(c3ccc(C#N)cc3)C2c2ccc(OC)c(OC)c2)cc1. The molecule has 1 aliphatic rings. The summed E-state index contributed by atoms with van der Waals surface area (Å²) >= 11 is 0. The van der Waals surface area contributed by atoms with Gasteiger partial charge in [0.2, 0.25) is 0 Å². The number of ketones is 1. The molecule has 1 fully saturated rings. The Morgan fingerprint density at radius 2 is 1.63 bits per heavy atom. The molecule has 0 bridgehead atoms. The highest BCUT2D eigenvalue weighted by Crippen LogP contribution is 2.44. The van der Waals surface area contributed by atoms with Crippen molar-refractivity contribution >= 4 is 23.1 Å². The first-order chi connectivity index (χ1) is 16.9. The molecule has 7 nitrogen and oxygen atoms in total. The number of methoxy groups -OCH3 is 2. The van der Waals surface area contributed by atoms with E-state index in [1.807, 2.05) is 25.1 Å². The lowest BCUT2D eigenvalue weighted by Crippen LogP contribution is -2.29. The number of carbonyl (C=O) groups excluding carboxylic acids is 2. The van der Waals surface area contributed by atoms with Gasteiger partial charge in [-0.1, -0.05) is 37.3 Å². The van der Waals surface area contributed by atoms with E-state index in [1.54, 1.807) is 54.6 Å². The van der Waals surface area contributed by atoms with E-state index in [0.29, 0.717) is 33.9 Å². The summed E-state index contributed by atoms with van der Waals surface area (Å²) in [4.78, 5) is 27.9. The molecule has 0 aliphatic carbocycles. The fraction of sp³-hybridized carbons (Fsp3) is 0.179. The quantitative estimate of drug-likeness (QED) is 0.318. The summed E-state index contributed by atoms with van der Waals surface area (Å²) in [5.74, 6) is -0.932. The normalized spacial score (nSPS) is 16.7. The summed E-state index contributed by atoms with van der Waals surface area (Å²) in [6, 6.07) is 19.8. The van der Waals surface area contributed by atoms with Crippen LogP contribution in [0.4, 0.5) is 5.69 Å². The van der Waals surface area contributed by atoms with Gasteiger partial charge in [0.05, 0.1) is 37.5 Å². The van der Waals surface area contributed by atoms with E-state index < -0.39 is 17.7 Å². The number of aliphatic hydroxyl groups is 1. The number of rotatable bonds is 6.